The van der Waals surface area contributed by atoms with Gasteiger partial charge in [0.15, 0.2) is 0 Å². The molecule has 6 heteroatoms. The molecule has 0 radical (unpaired) electrons. The van der Waals surface area contributed by atoms with Crippen LogP contribution >= 0.6 is 0 Å². The summed E-state index contributed by atoms with van der Waals surface area (Å²) in [5.74, 6) is -0.467. The average molecular weight is 371 g/mol. The second-order valence-corrected chi connectivity index (χ2v) is 7.30. The number of nitrogens with one attached hydrogen (secondary N) is 1. The molecule has 27 heavy (non-hydrogen) atoms. The Morgan fingerprint density at radius 1 is 1.30 bits per heavy atom. The fourth-order valence-electron chi connectivity index (χ4n) is 3.34. The molecule has 1 aliphatic heterocycles. The van der Waals surface area contributed by atoms with E-state index in [4.69, 9.17) is 4.74 Å². The lowest BCUT2D eigenvalue weighted by Crippen LogP contribution is -2.47. The first kappa shape index (κ1) is 19.5. The number of aromatic nitrogens is 1. The lowest BCUT2D eigenvalue weighted by molar-refractivity contribution is -0.126. The molecule has 1 aliphatic rings. The maximum absolute atomic E-state index is 13.6. The summed E-state index contributed by atoms with van der Waals surface area (Å²) in [7, 11) is 0. The number of amides is 1. The van der Waals surface area contributed by atoms with Crippen molar-refractivity contribution in [1.82, 2.24) is 15.2 Å². The first-order valence-electron chi connectivity index (χ1n) is 9.24. The van der Waals surface area contributed by atoms with E-state index in [0.717, 1.165) is 18.7 Å². The molecule has 0 bridgehead atoms. The van der Waals surface area contributed by atoms with Gasteiger partial charge in [-0.05, 0) is 43.2 Å². The second kappa shape index (κ2) is 8.59. The van der Waals surface area contributed by atoms with Crippen LogP contribution in [0, 0.1) is 5.82 Å². The lowest BCUT2D eigenvalue weighted by atomic mass is 9.83. The van der Waals surface area contributed by atoms with E-state index in [0.29, 0.717) is 25.3 Å². The van der Waals surface area contributed by atoms with Gasteiger partial charge in [-0.3, -0.25) is 14.7 Å². The van der Waals surface area contributed by atoms with Crippen LogP contribution in [0.2, 0.25) is 0 Å². The van der Waals surface area contributed by atoms with Gasteiger partial charge in [-0.25, -0.2) is 4.39 Å². The minimum atomic E-state index is -0.827. The number of benzene rings is 1. The van der Waals surface area contributed by atoms with Gasteiger partial charge in [0, 0.05) is 32.0 Å². The van der Waals surface area contributed by atoms with Crippen molar-refractivity contribution in [2.75, 3.05) is 32.8 Å². The van der Waals surface area contributed by atoms with Gasteiger partial charge in [-0.2, -0.15) is 0 Å². The molecule has 2 aromatic rings. The van der Waals surface area contributed by atoms with Crippen LogP contribution < -0.4 is 5.32 Å². The van der Waals surface area contributed by atoms with E-state index in [1.165, 1.54) is 12.1 Å². The minimum Gasteiger partial charge on any atom is -0.379 e. The number of halogens is 1. The Bertz CT molecular complexity index is 761. The van der Waals surface area contributed by atoms with Crippen LogP contribution in [0.4, 0.5) is 4.39 Å². The largest absolute Gasteiger partial charge is 0.379 e. The molecule has 5 nitrogen and oxygen atoms in total. The number of hydrogen-bond acceptors (Lipinski definition) is 4. The van der Waals surface area contributed by atoms with E-state index in [1.54, 1.807) is 18.3 Å². The van der Waals surface area contributed by atoms with Crippen LogP contribution in [0.3, 0.4) is 0 Å². The highest BCUT2D eigenvalue weighted by molar-refractivity contribution is 5.87. The Balaban J connectivity index is 1.73. The summed E-state index contributed by atoms with van der Waals surface area (Å²) >= 11 is 0. The predicted octanol–water partition coefficient (Wildman–Crippen LogP) is 2.69. The molecule has 1 fully saturated rings. The smallest absolute Gasteiger partial charge is 0.230 e. The van der Waals surface area contributed by atoms with Gasteiger partial charge in [-0.15, -0.1) is 0 Å². The number of nitrogens with zero attached hydrogens (tertiary/aromatic N) is 2. The molecule has 2 heterocycles. The number of pyridine rings is 1. The first-order valence-corrected chi connectivity index (χ1v) is 9.24. The molecular weight excluding hydrogens is 345 g/mol. The summed E-state index contributed by atoms with van der Waals surface area (Å²) in [4.78, 5) is 19.4. The number of hydrogen-bond donors (Lipinski definition) is 1. The highest BCUT2D eigenvalue weighted by Crippen LogP contribution is 2.25. The molecule has 3 rings (SSSR count). The van der Waals surface area contributed by atoms with Crippen molar-refractivity contribution in [2.24, 2.45) is 0 Å². The maximum Gasteiger partial charge on any atom is 0.230 e. The van der Waals surface area contributed by atoms with E-state index >= 15 is 0 Å². The fourth-order valence-corrected chi connectivity index (χ4v) is 3.34. The monoisotopic (exact) mass is 371 g/mol. The molecular formula is C21H26FN3O2. The Labute approximate surface area is 159 Å². The number of carbonyl (C=O) groups excluding carboxylic acids is 1. The van der Waals surface area contributed by atoms with Crippen LogP contribution in [0.15, 0.2) is 48.8 Å². The normalized spacial score (nSPS) is 16.7. The summed E-state index contributed by atoms with van der Waals surface area (Å²) in [5.41, 5.74) is 0.889. The topological polar surface area (TPSA) is 54.5 Å². The van der Waals surface area contributed by atoms with E-state index in [2.05, 4.69) is 15.2 Å². The fraction of sp³-hybridized carbons (Fsp3) is 0.429. The Kier molecular flexibility index (Phi) is 6.19. The third-order valence-corrected chi connectivity index (χ3v) is 5.13. The number of ether oxygens (including phenoxy) is 1. The van der Waals surface area contributed by atoms with Crippen molar-refractivity contribution < 1.29 is 13.9 Å². The standard InChI is InChI=1S/C21H26FN3O2/c1-21(2,17-6-3-7-18(22)13-17)20(26)24-15-19(16-5-4-8-23-14-16)25-9-11-27-12-10-25/h3-8,13-14,19H,9-12,15H2,1-2H3,(H,24,26). The molecule has 1 N–H and O–H groups in total. The van der Waals surface area contributed by atoms with Gasteiger partial charge >= 0.3 is 0 Å². The second-order valence-electron chi connectivity index (χ2n) is 7.30. The molecule has 1 amide bonds. The van der Waals surface area contributed by atoms with Gasteiger partial charge in [0.25, 0.3) is 0 Å². The number of morpholine rings is 1. The molecule has 1 saturated heterocycles. The van der Waals surface area contributed by atoms with Gasteiger partial charge in [-0.1, -0.05) is 18.2 Å². The van der Waals surface area contributed by atoms with E-state index in [1.807, 2.05) is 32.2 Å². The van der Waals surface area contributed by atoms with Crippen LogP contribution in [-0.4, -0.2) is 48.6 Å². The summed E-state index contributed by atoms with van der Waals surface area (Å²) in [6.45, 7) is 7.06. The Hall–Kier alpha value is -2.31. The van der Waals surface area contributed by atoms with Crippen molar-refractivity contribution in [3.8, 4) is 0 Å². The van der Waals surface area contributed by atoms with Crippen LogP contribution in [-0.2, 0) is 14.9 Å². The molecule has 1 aromatic carbocycles. The maximum atomic E-state index is 13.6. The minimum absolute atomic E-state index is 0.0230. The van der Waals surface area contributed by atoms with Gasteiger partial charge < -0.3 is 10.1 Å². The molecule has 1 atom stereocenters. The molecule has 1 unspecified atom stereocenters. The van der Waals surface area contributed by atoms with Crippen LogP contribution in [0.5, 0.6) is 0 Å². The molecule has 0 spiro atoms. The summed E-state index contributed by atoms with van der Waals surface area (Å²) < 4.78 is 19.0. The SMILES string of the molecule is CC(C)(C(=O)NCC(c1cccnc1)N1CCOCC1)c1cccc(F)c1. The molecule has 144 valence electrons. The highest BCUT2D eigenvalue weighted by atomic mass is 19.1. The summed E-state index contributed by atoms with van der Waals surface area (Å²) in [6, 6.07) is 10.2. The van der Waals surface area contributed by atoms with E-state index < -0.39 is 5.41 Å². The van der Waals surface area contributed by atoms with Crippen molar-refractivity contribution >= 4 is 5.91 Å². The predicted molar refractivity (Wildman–Crippen MR) is 102 cm³/mol. The van der Waals surface area contributed by atoms with E-state index in [9.17, 15) is 9.18 Å². The Morgan fingerprint density at radius 3 is 2.74 bits per heavy atom. The molecule has 0 aliphatic carbocycles. The summed E-state index contributed by atoms with van der Waals surface area (Å²) in [5, 5.41) is 3.07. The van der Waals surface area contributed by atoms with Crippen LogP contribution in [0.25, 0.3) is 0 Å². The summed E-state index contributed by atoms with van der Waals surface area (Å²) in [6.07, 6.45) is 3.58. The van der Waals surface area contributed by atoms with Gasteiger partial charge in [0.2, 0.25) is 5.91 Å². The van der Waals surface area contributed by atoms with Gasteiger partial charge in [0.1, 0.15) is 5.82 Å². The third kappa shape index (κ3) is 4.70. The number of rotatable bonds is 6. The highest BCUT2D eigenvalue weighted by Gasteiger charge is 2.31. The van der Waals surface area contributed by atoms with Crippen molar-refractivity contribution in [1.29, 1.82) is 0 Å². The molecule has 1 aromatic heterocycles. The average Bonchev–Trinajstić information content (AvgIpc) is 2.69. The van der Waals surface area contributed by atoms with Crippen molar-refractivity contribution in [3.63, 3.8) is 0 Å². The van der Waals surface area contributed by atoms with Crippen LogP contribution in [0.1, 0.15) is 31.0 Å². The first-order chi connectivity index (χ1) is 13.0. The zero-order valence-electron chi connectivity index (χ0n) is 15.8. The van der Waals surface area contributed by atoms with Gasteiger partial charge in [0.05, 0.1) is 24.7 Å². The zero-order chi connectivity index (χ0) is 19.3. The lowest BCUT2D eigenvalue weighted by Gasteiger charge is -2.35. The number of carbonyl (C=O) groups is 1. The third-order valence-electron chi connectivity index (χ3n) is 5.13. The molecule has 0 saturated carbocycles. The quantitative estimate of drug-likeness (QED) is 0.848. The van der Waals surface area contributed by atoms with Crippen molar-refractivity contribution in [2.45, 2.75) is 25.3 Å². The van der Waals surface area contributed by atoms with Crippen molar-refractivity contribution in [3.05, 3.63) is 65.7 Å². The van der Waals surface area contributed by atoms with E-state index in [-0.39, 0.29) is 17.8 Å². The zero-order valence-corrected chi connectivity index (χ0v) is 15.8. The Morgan fingerprint density at radius 2 is 2.07 bits per heavy atom.